The van der Waals surface area contributed by atoms with Crippen LogP contribution in [-0.2, 0) is 27.5 Å². The maximum atomic E-state index is 8.52. The van der Waals surface area contributed by atoms with E-state index in [9.17, 15) is 0 Å². The first-order chi connectivity index (χ1) is 2.00. The molecule has 8 heteroatoms. The average molecular weight is 227 g/mol. The molecule has 0 N–H and O–H groups in total. The van der Waals surface area contributed by atoms with Gasteiger partial charge in [0.2, 0.25) is 0 Å². The van der Waals surface area contributed by atoms with Gasteiger partial charge in [-0.3, -0.25) is 8.42 Å². The van der Waals surface area contributed by atoms with Crippen molar-refractivity contribution in [1.29, 1.82) is 0 Å². The number of hydrogen-bond acceptors (Lipinski definition) is 4. The molecule has 0 aromatic rings. The standard InChI is InChI=1S/Ca.ClH.Mn.H2O4S/c;;;1-5(2,3)4/h;1H;;(H2,1,2,3,4)/q+2;;+2;/p-3. The fourth-order valence-electron chi connectivity index (χ4n) is 0. The van der Waals surface area contributed by atoms with Crippen LogP contribution in [0.5, 0.6) is 0 Å². The maximum Gasteiger partial charge on any atom is 2.00 e. The second-order valence-corrected chi connectivity index (χ2v) is 1.22. The Labute approximate surface area is 93.9 Å². The maximum absolute atomic E-state index is 8.52. The number of rotatable bonds is 0. The summed E-state index contributed by atoms with van der Waals surface area (Å²) >= 11 is 0. The quantitative estimate of drug-likeness (QED) is 0.236. The van der Waals surface area contributed by atoms with Gasteiger partial charge in [0.25, 0.3) is 0 Å². The smallest absolute Gasteiger partial charge is 1.00 e. The summed E-state index contributed by atoms with van der Waals surface area (Å²) in [4.78, 5) is 0. The van der Waals surface area contributed by atoms with Crippen LogP contribution in [0.25, 0.3) is 0 Å². The third kappa shape index (κ3) is 102. The van der Waals surface area contributed by atoms with Gasteiger partial charge in [-0.1, -0.05) is 0 Å². The summed E-state index contributed by atoms with van der Waals surface area (Å²) in [5.41, 5.74) is 0. The minimum Gasteiger partial charge on any atom is -1.00 e. The van der Waals surface area contributed by atoms with Crippen molar-refractivity contribution in [2.75, 3.05) is 0 Å². The number of halogens is 1. The molecular formula is CaClMnO4S+. The predicted octanol–water partition coefficient (Wildman–Crippen LogP) is -4.72. The molecule has 0 heterocycles. The summed E-state index contributed by atoms with van der Waals surface area (Å²) in [5.74, 6) is 0. The summed E-state index contributed by atoms with van der Waals surface area (Å²) in [7, 11) is -5.17. The molecule has 1 radical (unpaired) electrons. The Kier molecular flexibility index (Phi) is 25.2. The zero-order valence-electron chi connectivity index (χ0n) is 3.50. The molecular weight excluding hydrogens is 227 g/mol. The SMILES string of the molecule is O=S(=O)([O-])[O-].[Ca+2].[Cl-].[Mn+2]. The van der Waals surface area contributed by atoms with Crippen LogP contribution < -0.4 is 12.4 Å². The van der Waals surface area contributed by atoms with Gasteiger partial charge in [-0.25, -0.2) is 0 Å². The second-order valence-electron chi connectivity index (χ2n) is 0.408. The van der Waals surface area contributed by atoms with E-state index in [0.29, 0.717) is 0 Å². The van der Waals surface area contributed by atoms with E-state index in [0.717, 1.165) is 0 Å². The minimum absolute atomic E-state index is 0. The molecule has 0 aromatic heterocycles. The molecule has 45 valence electrons. The Balaban J connectivity index is -0.0000000267. The molecule has 0 saturated heterocycles. The van der Waals surface area contributed by atoms with Crippen molar-refractivity contribution in [2.24, 2.45) is 0 Å². The Morgan fingerprint density at radius 2 is 1.12 bits per heavy atom. The van der Waals surface area contributed by atoms with E-state index in [-0.39, 0.29) is 67.2 Å². The van der Waals surface area contributed by atoms with Crippen LogP contribution in [0.3, 0.4) is 0 Å². The summed E-state index contributed by atoms with van der Waals surface area (Å²) in [5, 5.41) is 0. The minimum atomic E-state index is -5.17. The van der Waals surface area contributed by atoms with Crippen LogP contribution in [0.4, 0.5) is 0 Å². The van der Waals surface area contributed by atoms with Crippen LogP contribution in [-0.4, -0.2) is 55.3 Å². The van der Waals surface area contributed by atoms with E-state index in [2.05, 4.69) is 0 Å². The predicted molar refractivity (Wildman–Crippen MR) is 16.2 cm³/mol. The largest absolute Gasteiger partial charge is 2.00 e. The molecule has 0 saturated carbocycles. The van der Waals surface area contributed by atoms with Crippen LogP contribution in [0.1, 0.15) is 0 Å². The summed E-state index contributed by atoms with van der Waals surface area (Å²) in [6.07, 6.45) is 0. The molecule has 0 atom stereocenters. The first-order valence-electron chi connectivity index (χ1n) is 0.667. The van der Waals surface area contributed by atoms with Gasteiger partial charge in [0.1, 0.15) is 0 Å². The Hall–Kier alpha value is 1.94. The van der Waals surface area contributed by atoms with Crippen molar-refractivity contribution in [2.45, 2.75) is 0 Å². The van der Waals surface area contributed by atoms with Gasteiger partial charge >= 0.3 is 54.8 Å². The van der Waals surface area contributed by atoms with Crippen molar-refractivity contribution in [3.8, 4) is 0 Å². The molecule has 0 spiro atoms. The average Bonchev–Trinajstić information content (AvgIpc) is 0.722. The van der Waals surface area contributed by atoms with Gasteiger partial charge < -0.3 is 21.5 Å². The van der Waals surface area contributed by atoms with E-state index >= 15 is 0 Å². The van der Waals surface area contributed by atoms with Crippen LogP contribution >= 0.6 is 0 Å². The Morgan fingerprint density at radius 3 is 1.12 bits per heavy atom. The first-order valence-corrected chi connectivity index (χ1v) is 2.00. The summed E-state index contributed by atoms with van der Waals surface area (Å²) in [6.45, 7) is 0. The summed E-state index contributed by atoms with van der Waals surface area (Å²) in [6, 6.07) is 0. The van der Waals surface area contributed by atoms with Crippen LogP contribution in [0.15, 0.2) is 0 Å². The molecule has 0 amide bonds. The molecule has 0 aromatic carbocycles. The Bertz CT molecular complexity index is 99.2. The Morgan fingerprint density at radius 1 is 1.12 bits per heavy atom. The fourth-order valence-corrected chi connectivity index (χ4v) is 0. The molecule has 0 unspecified atom stereocenters. The van der Waals surface area contributed by atoms with Gasteiger partial charge in [0.15, 0.2) is 0 Å². The normalized spacial score (nSPS) is 7.25. The first kappa shape index (κ1) is 22.5. The van der Waals surface area contributed by atoms with Gasteiger partial charge in [-0.05, 0) is 0 Å². The van der Waals surface area contributed by atoms with Crippen molar-refractivity contribution >= 4 is 48.1 Å². The van der Waals surface area contributed by atoms with Gasteiger partial charge in [-0.2, -0.15) is 0 Å². The summed E-state index contributed by atoms with van der Waals surface area (Å²) < 4.78 is 34.1. The van der Waals surface area contributed by atoms with Crippen molar-refractivity contribution < 1.29 is 47.0 Å². The van der Waals surface area contributed by atoms with Crippen molar-refractivity contribution in [3.63, 3.8) is 0 Å². The van der Waals surface area contributed by atoms with E-state index in [1.807, 2.05) is 0 Å². The molecule has 0 rings (SSSR count). The number of hydrogen-bond donors (Lipinski definition) is 0. The molecule has 0 aliphatic rings. The van der Waals surface area contributed by atoms with Gasteiger partial charge in [-0.15, -0.1) is 0 Å². The van der Waals surface area contributed by atoms with E-state index in [4.69, 9.17) is 17.5 Å². The molecule has 0 bridgehead atoms. The fraction of sp³-hybridized carbons (Fsp3) is 0. The molecule has 8 heavy (non-hydrogen) atoms. The molecule has 0 aliphatic heterocycles. The topological polar surface area (TPSA) is 80.3 Å². The second kappa shape index (κ2) is 8.94. The zero-order valence-corrected chi connectivity index (χ0v) is 8.47. The molecule has 4 nitrogen and oxygen atoms in total. The third-order valence-corrected chi connectivity index (χ3v) is 0. The van der Waals surface area contributed by atoms with E-state index < -0.39 is 10.4 Å². The van der Waals surface area contributed by atoms with Gasteiger partial charge in [0, 0.05) is 10.4 Å². The van der Waals surface area contributed by atoms with Crippen molar-refractivity contribution in [1.82, 2.24) is 0 Å². The molecule has 0 fully saturated rings. The monoisotopic (exact) mass is 226 g/mol. The molecule has 0 aliphatic carbocycles. The van der Waals surface area contributed by atoms with Crippen molar-refractivity contribution in [3.05, 3.63) is 0 Å². The van der Waals surface area contributed by atoms with Crippen LogP contribution in [0, 0.1) is 0 Å². The third-order valence-electron chi connectivity index (χ3n) is 0. The van der Waals surface area contributed by atoms with Gasteiger partial charge in [0.05, 0.1) is 0 Å². The zero-order chi connectivity index (χ0) is 4.50. The van der Waals surface area contributed by atoms with Crippen LogP contribution in [0.2, 0.25) is 0 Å². The van der Waals surface area contributed by atoms with E-state index in [1.54, 1.807) is 0 Å². The van der Waals surface area contributed by atoms with E-state index in [1.165, 1.54) is 0 Å².